The van der Waals surface area contributed by atoms with E-state index in [0.717, 1.165) is 11.3 Å². The molecule has 0 saturated heterocycles. The van der Waals surface area contributed by atoms with E-state index in [9.17, 15) is 4.79 Å². The van der Waals surface area contributed by atoms with Crippen molar-refractivity contribution in [1.82, 2.24) is 4.57 Å². The summed E-state index contributed by atoms with van der Waals surface area (Å²) >= 11 is 0. The largest absolute Gasteiger partial charge is 0.309 e. The molecule has 0 spiro atoms. The van der Waals surface area contributed by atoms with E-state index in [0.29, 0.717) is 0 Å². The summed E-state index contributed by atoms with van der Waals surface area (Å²) in [7, 11) is 0. The Balaban J connectivity index is 2.06. The Labute approximate surface area is 179 Å². The molecule has 0 atom stereocenters. The van der Waals surface area contributed by atoms with Crippen molar-refractivity contribution in [2.45, 2.75) is 59.3 Å². The van der Waals surface area contributed by atoms with Gasteiger partial charge in [0.2, 0.25) is 0 Å². The summed E-state index contributed by atoms with van der Waals surface area (Å²) in [6.45, 7) is 15.2. The number of hydrogen-bond acceptors (Lipinski definition) is 1. The average Bonchev–Trinajstić information content (AvgIpc) is 2.99. The highest BCUT2D eigenvalue weighted by Gasteiger charge is 2.20. The Kier molecular flexibility index (Phi) is 4.65. The third-order valence-corrected chi connectivity index (χ3v) is 6.03. The van der Waals surface area contributed by atoms with Crippen molar-refractivity contribution < 1.29 is 4.79 Å². The SMILES string of the molecule is CC(=O)c1ccc(-n2c3ccc(C(C)(C)C)cc3c3cc(C(C)(C)C)ccc32)cc1. The third kappa shape index (κ3) is 3.45. The molecular weight excluding hydrogens is 366 g/mol. The first-order chi connectivity index (χ1) is 14.0. The van der Waals surface area contributed by atoms with Gasteiger partial charge in [-0.05, 0) is 77.4 Å². The molecule has 0 unspecified atom stereocenters. The maximum absolute atomic E-state index is 11.7. The van der Waals surface area contributed by atoms with Crippen molar-refractivity contribution in [2.75, 3.05) is 0 Å². The van der Waals surface area contributed by atoms with Gasteiger partial charge in [-0.3, -0.25) is 4.79 Å². The quantitative estimate of drug-likeness (QED) is 0.319. The molecule has 4 aromatic rings. The van der Waals surface area contributed by atoms with Crippen LogP contribution in [0.25, 0.3) is 27.5 Å². The number of benzene rings is 3. The molecule has 0 aliphatic heterocycles. The van der Waals surface area contributed by atoms with Gasteiger partial charge in [0.1, 0.15) is 0 Å². The lowest BCUT2D eigenvalue weighted by Crippen LogP contribution is -2.10. The lowest BCUT2D eigenvalue weighted by Gasteiger charge is -2.19. The van der Waals surface area contributed by atoms with E-state index in [1.54, 1.807) is 6.92 Å². The lowest BCUT2D eigenvalue weighted by molar-refractivity contribution is 0.101. The third-order valence-electron chi connectivity index (χ3n) is 6.03. The van der Waals surface area contributed by atoms with Gasteiger partial charge in [-0.1, -0.05) is 53.7 Å². The molecule has 0 aliphatic rings. The molecule has 30 heavy (non-hydrogen) atoms. The molecule has 0 aliphatic carbocycles. The predicted molar refractivity (Wildman–Crippen MR) is 128 cm³/mol. The molecule has 154 valence electrons. The van der Waals surface area contributed by atoms with Crippen molar-refractivity contribution in [1.29, 1.82) is 0 Å². The van der Waals surface area contributed by atoms with Gasteiger partial charge >= 0.3 is 0 Å². The van der Waals surface area contributed by atoms with Crippen LogP contribution in [0.3, 0.4) is 0 Å². The zero-order valence-corrected chi connectivity index (χ0v) is 19.1. The van der Waals surface area contributed by atoms with Gasteiger partial charge in [-0.2, -0.15) is 0 Å². The first-order valence-corrected chi connectivity index (χ1v) is 10.7. The molecule has 4 rings (SSSR count). The van der Waals surface area contributed by atoms with Crippen LogP contribution in [0.2, 0.25) is 0 Å². The van der Waals surface area contributed by atoms with Crippen molar-refractivity contribution in [2.24, 2.45) is 0 Å². The summed E-state index contributed by atoms with van der Waals surface area (Å²) < 4.78 is 2.31. The van der Waals surface area contributed by atoms with Gasteiger partial charge in [0, 0.05) is 22.0 Å². The maximum Gasteiger partial charge on any atom is 0.159 e. The fraction of sp³-hybridized carbons (Fsp3) is 0.321. The van der Waals surface area contributed by atoms with Crippen molar-refractivity contribution in [3.63, 3.8) is 0 Å². The van der Waals surface area contributed by atoms with E-state index in [1.165, 1.54) is 32.9 Å². The van der Waals surface area contributed by atoms with Gasteiger partial charge in [0.25, 0.3) is 0 Å². The van der Waals surface area contributed by atoms with Crippen LogP contribution >= 0.6 is 0 Å². The second-order valence-electron chi connectivity index (χ2n) is 10.4. The number of carbonyl (C=O) groups excluding carboxylic acids is 1. The van der Waals surface area contributed by atoms with E-state index in [-0.39, 0.29) is 16.6 Å². The van der Waals surface area contributed by atoms with Gasteiger partial charge in [-0.15, -0.1) is 0 Å². The molecule has 0 saturated carbocycles. The average molecular weight is 398 g/mol. The number of Topliss-reactive ketones (excluding diaryl/α,β-unsaturated/α-hetero) is 1. The fourth-order valence-electron chi connectivity index (χ4n) is 4.08. The first kappa shape index (κ1) is 20.4. The lowest BCUT2D eigenvalue weighted by atomic mass is 9.85. The zero-order chi connectivity index (χ0) is 21.8. The molecule has 3 aromatic carbocycles. The summed E-state index contributed by atoms with van der Waals surface area (Å²) in [6, 6.07) is 21.6. The molecule has 0 radical (unpaired) electrons. The summed E-state index contributed by atoms with van der Waals surface area (Å²) in [4.78, 5) is 11.7. The minimum absolute atomic E-state index is 0.0907. The van der Waals surface area contributed by atoms with Crippen LogP contribution < -0.4 is 0 Å². The zero-order valence-electron chi connectivity index (χ0n) is 19.1. The van der Waals surface area contributed by atoms with Crippen molar-refractivity contribution >= 4 is 27.6 Å². The minimum atomic E-state index is 0.0907. The van der Waals surface area contributed by atoms with E-state index in [1.807, 2.05) is 24.3 Å². The van der Waals surface area contributed by atoms with Crippen LogP contribution in [-0.4, -0.2) is 10.4 Å². The fourth-order valence-corrected chi connectivity index (χ4v) is 4.08. The highest BCUT2D eigenvalue weighted by Crippen LogP contribution is 2.37. The van der Waals surface area contributed by atoms with Gasteiger partial charge in [-0.25, -0.2) is 0 Å². The van der Waals surface area contributed by atoms with E-state index < -0.39 is 0 Å². The smallest absolute Gasteiger partial charge is 0.159 e. The van der Waals surface area contributed by atoms with Crippen LogP contribution in [0.15, 0.2) is 60.7 Å². The molecular formula is C28H31NO. The van der Waals surface area contributed by atoms with Crippen molar-refractivity contribution in [3.05, 3.63) is 77.4 Å². The monoisotopic (exact) mass is 397 g/mol. The summed E-state index contributed by atoms with van der Waals surface area (Å²) in [6.07, 6.45) is 0. The Morgan fingerprint density at radius 2 is 1.10 bits per heavy atom. The molecule has 0 fully saturated rings. The summed E-state index contributed by atoms with van der Waals surface area (Å²) in [5.41, 5.74) is 7.06. The van der Waals surface area contributed by atoms with Crippen LogP contribution in [0, 0.1) is 0 Å². The van der Waals surface area contributed by atoms with Gasteiger partial charge in [0.05, 0.1) is 11.0 Å². The molecule has 0 bridgehead atoms. The Bertz CT molecular complexity index is 1190. The number of aromatic nitrogens is 1. The Morgan fingerprint density at radius 1 is 0.667 bits per heavy atom. The standard InChI is InChI=1S/C28H31NO/c1-18(30)19-8-12-22(13-9-19)29-25-14-10-20(27(2,3)4)16-23(25)24-17-21(28(5,6)7)11-15-26(24)29/h8-17H,1-7H3. The second-order valence-corrected chi connectivity index (χ2v) is 10.4. The van der Waals surface area contributed by atoms with Crippen LogP contribution in [0.5, 0.6) is 0 Å². The number of nitrogens with zero attached hydrogens (tertiary/aromatic N) is 1. The van der Waals surface area contributed by atoms with Crippen molar-refractivity contribution in [3.8, 4) is 5.69 Å². The number of ketones is 1. The molecule has 0 N–H and O–H groups in total. The maximum atomic E-state index is 11.7. The number of fused-ring (bicyclic) bond motifs is 3. The minimum Gasteiger partial charge on any atom is -0.309 e. The van der Waals surface area contributed by atoms with Gasteiger partial charge < -0.3 is 4.57 Å². The van der Waals surface area contributed by atoms with E-state index in [4.69, 9.17) is 0 Å². The Hall–Kier alpha value is -2.87. The number of hydrogen-bond donors (Lipinski definition) is 0. The molecule has 1 aromatic heterocycles. The number of carbonyl (C=O) groups is 1. The molecule has 0 amide bonds. The number of rotatable bonds is 2. The highest BCUT2D eigenvalue weighted by molar-refractivity contribution is 6.10. The highest BCUT2D eigenvalue weighted by atomic mass is 16.1. The van der Waals surface area contributed by atoms with Crippen LogP contribution in [0.4, 0.5) is 0 Å². The van der Waals surface area contributed by atoms with E-state index in [2.05, 4.69) is 82.5 Å². The second kappa shape index (κ2) is 6.84. The summed E-state index contributed by atoms with van der Waals surface area (Å²) in [5.74, 6) is 0.0911. The molecule has 2 nitrogen and oxygen atoms in total. The normalized spacial score (nSPS) is 12.6. The summed E-state index contributed by atoms with van der Waals surface area (Å²) in [5, 5.41) is 2.55. The van der Waals surface area contributed by atoms with Crippen LogP contribution in [0.1, 0.15) is 70.0 Å². The topological polar surface area (TPSA) is 22.0 Å². The molecule has 1 heterocycles. The Morgan fingerprint density at radius 3 is 1.47 bits per heavy atom. The van der Waals surface area contributed by atoms with Gasteiger partial charge in [0.15, 0.2) is 5.78 Å². The van der Waals surface area contributed by atoms with Crippen LogP contribution in [-0.2, 0) is 10.8 Å². The molecule has 2 heteroatoms. The first-order valence-electron chi connectivity index (χ1n) is 10.7. The van der Waals surface area contributed by atoms with E-state index >= 15 is 0 Å². The predicted octanol–water partition coefficient (Wildman–Crippen LogP) is 7.58.